The van der Waals surface area contributed by atoms with Gasteiger partial charge in [-0.15, -0.1) is 0 Å². The third kappa shape index (κ3) is 7.48. The van der Waals surface area contributed by atoms with Crippen molar-refractivity contribution in [2.75, 3.05) is 20.8 Å². The van der Waals surface area contributed by atoms with Crippen molar-refractivity contribution in [2.45, 2.75) is 52.7 Å². The van der Waals surface area contributed by atoms with Crippen LogP contribution in [0.15, 0.2) is 42.5 Å². The molecule has 0 bridgehead atoms. The van der Waals surface area contributed by atoms with E-state index in [0.29, 0.717) is 23.8 Å². The van der Waals surface area contributed by atoms with Gasteiger partial charge in [-0.3, -0.25) is 9.59 Å². The first kappa shape index (κ1) is 25.0. The molecule has 0 saturated carbocycles. The van der Waals surface area contributed by atoms with Crippen LogP contribution in [0.4, 0.5) is 0 Å². The Balaban J connectivity index is 2.22. The number of hydrogen-bond acceptors (Lipinski definition) is 5. The molecule has 0 fully saturated rings. The highest BCUT2D eigenvalue weighted by atomic mass is 16.5. The zero-order valence-electron chi connectivity index (χ0n) is 20.0. The van der Waals surface area contributed by atoms with Crippen LogP contribution in [0.1, 0.15) is 38.8 Å². The first-order valence-corrected chi connectivity index (χ1v) is 10.6. The van der Waals surface area contributed by atoms with Crippen LogP contribution >= 0.6 is 0 Å². The lowest BCUT2D eigenvalue weighted by Crippen LogP contribution is -2.53. The Hall–Kier alpha value is -3.22. The zero-order valence-corrected chi connectivity index (χ0v) is 20.0. The van der Waals surface area contributed by atoms with Gasteiger partial charge in [0.1, 0.15) is 23.3 Å². The van der Waals surface area contributed by atoms with Crippen molar-refractivity contribution in [1.82, 2.24) is 10.2 Å². The minimum absolute atomic E-state index is 0.221. The number of amides is 2. The number of carbonyl (C=O) groups excluding carboxylic acids is 2. The molecule has 1 atom stereocenters. The smallest absolute Gasteiger partial charge is 0.261 e. The molecule has 0 aliphatic heterocycles. The van der Waals surface area contributed by atoms with Crippen molar-refractivity contribution >= 4 is 11.8 Å². The molecular weight excluding hydrogens is 408 g/mol. The van der Waals surface area contributed by atoms with Gasteiger partial charge in [-0.1, -0.05) is 29.8 Å². The van der Waals surface area contributed by atoms with Crippen LogP contribution < -0.4 is 19.5 Å². The summed E-state index contributed by atoms with van der Waals surface area (Å²) in [6, 6.07) is 12.3. The summed E-state index contributed by atoms with van der Waals surface area (Å²) in [6.07, 6.45) is 0. The number of nitrogens with one attached hydrogen (secondary N) is 1. The number of ether oxygens (including phenoxy) is 3. The predicted molar refractivity (Wildman–Crippen MR) is 124 cm³/mol. The van der Waals surface area contributed by atoms with Gasteiger partial charge in [-0.05, 0) is 40.2 Å². The largest absolute Gasteiger partial charge is 0.496 e. The summed E-state index contributed by atoms with van der Waals surface area (Å²) in [5.74, 6) is 1.03. The van der Waals surface area contributed by atoms with Gasteiger partial charge in [0.25, 0.3) is 5.91 Å². The summed E-state index contributed by atoms with van der Waals surface area (Å²) in [7, 11) is 3.09. The van der Waals surface area contributed by atoms with Gasteiger partial charge in [0, 0.05) is 30.3 Å². The Kier molecular flexibility index (Phi) is 8.52. The maximum Gasteiger partial charge on any atom is 0.261 e. The van der Waals surface area contributed by atoms with E-state index >= 15 is 0 Å². The van der Waals surface area contributed by atoms with Crippen LogP contribution in [0, 0.1) is 6.92 Å². The molecule has 0 unspecified atom stereocenters. The Morgan fingerprint density at radius 1 is 1.00 bits per heavy atom. The molecule has 2 aromatic carbocycles. The summed E-state index contributed by atoms with van der Waals surface area (Å²) >= 11 is 0. The number of aryl methyl sites for hydroxylation is 1. The summed E-state index contributed by atoms with van der Waals surface area (Å²) < 4.78 is 16.2. The van der Waals surface area contributed by atoms with E-state index < -0.39 is 11.6 Å². The topological polar surface area (TPSA) is 77.1 Å². The van der Waals surface area contributed by atoms with Crippen molar-refractivity contribution in [2.24, 2.45) is 0 Å². The minimum Gasteiger partial charge on any atom is -0.496 e. The maximum atomic E-state index is 13.2. The summed E-state index contributed by atoms with van der Waals surface area (Å²) in [5, 5.41) is 2.95. The Morgan fingerprint density at radius 3 is 2.12 bits per heavy atom. The van der Waals surface area contributed by atoms with Crippen molar-refractivity contribution in [1.29, 1.82) is 0 Å². The molecule has 0 saturated heterocycles. The second kappa shape index (κ2) is 10.9. The first-order chi connectivity index (χ1) is 15.0. The zero-order chi connectivity index (χ0) is 23.9. The fourth-order valence-corrected chi connectivity index (χ4v) is 3.16. The van der Waals surface area contributed by atoms with E-state index in [4.69, 9.17) is 14.2 Å². The highest BCUT2D eigenvalue weighted by Gasteiger charge is 2.28. The van der Waals surface area contributed by atoms with Crippen LogP contribution in [-0.2, 0) is 16.1 Å². The average Bonchev–Trinajstić information content (AvgIpc) is 2.73. The number of hydrogen-bond donors (Lipinski definition) is 1. The third-order valence-corrected chi connectivity index (χ3v) is 4.79. The fourth-order valence-electron chi connectivity index (χ4n) is 3.16. The Labute approximate surface area is 190 Å². The van der Waals surface area contributed by atoms with Crippen LogP contribution in [0.25, 0.3) is 0 Å². The number of carbonyl (C=O) groups is 2. The van der Waals surface area contributed by atoms with Crippen LogP contribution in [0.3, 0.4) is 0 Å². The van der Waals surface area contributed by atoms with Crippen molar-refractivity contribution in [3.05, 3.63) is 53.6 Å². The monoisotopic (exact) mass is 442 g/mol. The summed E-state index contributed by atoms with van der Waals surface area (Å²) in [5.41, 5.74) is 1.62. The van der Waals surface area contributed by atoms with E-state index in [2.05, 4.69) is 5.32 Å². The molecule has 0 spiro atoms. The molecule has 2 amide bonds. The normalized spacial score (nSPS) is 12.0. The molecule has 2 aromatic rings. The molecule has 2 rings (SSSR count). The Morgan fingerprint density at radius 2 is 1.59 bits per heavy atom. The van der Waals surface area contributed by atoms with Crippen molar-refractivity contribution < 1.29 is 23.8 Å². The lowest BCUT2D eigenvalue weighted by atomic mass is 10.1. The number of methoxy groups -OCH3 is 2. The van der Waals surface area contributed by atoms with E-state index in [1.165, 1.54) is 4.90 Å². The van der Waals surface area contributed by atoms with Gasteiger partial charge in [0.05, 0.1) is 14.2 Å². The molecule has 174 valence electrons. The molecule has 32 heavy (non-hydrogen) atoms. The predicted octanol–water partition coefficient (Wildman–Crippen LogP) is 3.72. The lowest BCUT2D eigenvalue weighted by molar-refractivity contribution is -0.142. The molecule has 0 heterocycles. The van der Waals surface area contributed by atoms with Crippen LogP contribution in [-0.4, -0.2) is 49.1 Å². The molecule has 0 aromatic heterocycles. The highest BCUT2D eigenvalue weighted by Crippen LogP contribution is 2.27. The van der Waals surface area contributed by atoms with Gasteiger partial charge in [0.15, 0.2) is 6.61 Å². The average molecular weight is 443 g/mol. The molecule has 0 aliphatic carbocycles. The Bertz CT molecular complexity index is 914. The van der Waals surface area contributed by atoms with Crippen molar-refractivity contribution in [3.63, 3.8) is 0 Å². The number of benzene rings is 2. The molecule has 7 heteroatoms. The maximum absolute atomic E-state index is 13.2. The standard InChI is InChI=1S/C25H34N2O5/c1-17-9-8-10-19(11-17)15-27(18(2)24(29)26-25(3,4)5)23(28)16-32-22-13-20(30-6)12-21(14-22)31-7/h8-14,18H,15-16H2,1-7H3,(H,26,29)/t18-/m0/s1. The van der Waals surface area contributed by atoms with Crippen molar-refractivity contribution in [3.8, 4) is 17.2 Å². The quantitative estimate of drug-likeness (QED) is 0.640. The van der Waals surface area contributed by atoms with Gasteiger partial charge in [0.2, 0.25) is 5.91 Å². The van der Waals surface area contributed by atoms with Gasteiger partial charge in [-0.2, -0.15) is 0 Å². The summed E-state index contributed by atoms with van der Waals surface area (Å²) in [4.78, 5) is 27.5. The van der Waals surface area contributed by atoms with E-state index in [9.17, 15) is 9.59 Å². The molecule has 0 radical (unpaired) electrons. The van der Waals surface area contributed by atoms with Gasteiger partial charge in [-0.25, -0.2) is 0 Å². The SMILES string of the molecule is COc1cc(OC)cc(OCC(=O)N(Cc2cccc(C)c2)[C@@H](C)C(=O)NC(C)(C)C)c1. The van der Waals surface area contributed by atoms with E-state index in [-0.39, 0.29) is 18.4 Å². The second-order valence-electron chi connectivity index (χ2n) is 8.76. The summed E-state index contributed by atoms with van der Waals surface area (Å²) in [6.45, 7) is 9.50. The first-order valence-electron chi connectivity index (χ1n) is 10.6. The van der Waals surface area contributed by atoms with E-state index in [1.807, 2.05) is 52.0 Å². The highest BCUT2D eigenvalue weighted by molar-refractivity contribution is 5.88. The second-order valence-corrected chi connectivity index (χ2v) is 8.76. The minimum atomic E-state index is -0.675. The molecule has 7 nitrogen and oxygen atoms in total. The third-order valence-electron chi connectivity index (χ3n) is 4.79. The van der Waals surface area contributed by atoms with Crippen LogP contribution in [0.5, 0.6) is 17.2 Å². The lowest BCUT2D eigenvalue weighted by Gasteiger charge is -2.31. The van der Waals surface area contributed by atoms with Gasteiger partial charge >= 0.3 is 0 Å². The van der Waals surface area contributed by atoms with E-state index in [0.717, 1.165) is 11.1 Å². The van der Waals surface area contributed by atoms with E-state index in [1.54, 1.807) is 39.3 Å². The molecule has 0 aliphatic rings. The number of rotatable bonds is 9. The van der Waals surface area contributed by atoms with Crippen LogP contribution in [0.2, 0.25) is 0 Å². The fraction of sp³-hybridized carbons (Fsp3) is 0.440. The molecular formula is C25H34N2O5. The molecule has 1 N–H and O–H groups in total. The van der Waals surface area contributed by atoms with Gasteiger partial charge < -0.3 is 24.4 Å². The number of nitrogens with zero attached hydrogens (tertiary/aromatic N) is 1.